The molecule has 11 heavy (non-hydrogen) atoms. The zero-order valence-electron chi connectivity index (χ0n) is 4.77. The third kappa shape index (κ3) is 1.91. The summed E-state index contributed by atoms with van der Waals surface area (Å²) in [5.41, 5.74) is 0. The largest absolute Gasteiger partial charge is 0.145 e. The minimum Gasteiger partial charge on any atom is -0.0608 e. The highest BCUT2D eigenvalue weighted by Crippen LogP contribution is 2.58. The molecule has 0 saturated heterocycles. The first-order valence-corrected chi connectivity index (χ1v) is 7.14. The van der Waals surface area contributed by atoms with E-state index in [1.54, 1.807) is 0 Å². The predicted octanol–water partition coefficient (Wildman–Crippen LogP) is 5.49. The molecule has 0 fully saturated rings. The lowest BCUT2D eigenvalue weighted by Crippen LogP contribution is -2.06. The van der Waals surface area contributed by atoms with Crippen LogP contribution in [0, 0.1) is 0 Å². The van der Waals surface area contributed by atoms with Crippen LogP contribution in [0.5, 0.6) is 0 Å². The minimum atomic E-state index is -0.322. The monoisotopic (exact) mass is 534 g/mol. The molecule has 0 aliphatic heterocycles. The van der Waals surface area contributed by atoms with Gasteiger partial charge in [-0.15, -0.1) is 0 Å². The summed E-state index contributed by atoms with van der Waals surface area (Å²) in [5, 5.41) is 0. The summed E-state index contributed by atoms with van der Waals surface area (Å²) in [5.74, 6) is 0. The quantitative estimate of drug-likeness (QED) is 0.358. The summed E-state index contributed by atoms with van der Waals surface area (Å²) in [6.07, 6.45) is 0. The van der Waals surface area contributed by atoms with Gasteiger partial charge in [0.05, 0.1) is 0 Å². The van der Waals surface area contributed by atoms with Gasteiger partial charge in [-0.05, 0) is 31.9 Å². The molecule has 0 atom stereocenters. The lowest BCUT2D eigenvalue weighted by atomic mass is 10.5. The van der Waals surface area contributed by atoms with Crippen LogP contribution in [0.1, 0.15) is 0 Å². The highest BCUT2D eigenvalue weighted by atomic mass is 79.9. The smallest absolute Gasteiger partial charge is 0.0608 e. The van der Waals surface area contributed by atoms with Crippen molar-refractivity contribution in [2.24, 2.45) is 0 Å². The molecular formula is C5Br6. The van der Waals surface area contributed by atoms with Crippen LogP contribution in [-0.4, -0.2) is 3.23 Å². The van der Waals surface area contributed by atoms with Crippen LogP contribution >= 0.6 is 95.6 Å². The van der Waals surface area contributed by atoms with Crippen molar-refractivity contribution in [2.45, 2.75) is 3.23 Å². The topological polar surface area (TPSA) is 0 Å². The Morgan fingerprint density at radius 3 is 1.09 bits per heavy atom. The maximum atomic E-state index is 3.50. The van der Waals surface area contributed by atoms with E-state index in [0.717, 1.165) is 17.9 Å². The Morgan fingerprint density at radius 2 is 1.00 bits per heavy atom. The summed E-state index contributed by atoms with van der Waals surface area (Å²) in [6, 6.07) is 0. The van der Waals surface area contributed by atoms with Crippen molar-refractivity contribution < 1.29 is 0 Å². The molecule has 0 spiro atoms. The third-order valence-electron chi connectivity index (χ3n) is 1.13. The fourth-order valence-electron chi connectivity index (χ4n) is 0.565. The van der Waals surface area contributed by atoms with Gasteiger partial charge in [-0.2, -0.15) is 0 Å². The molecule has 0 nitrogen and oxygen atoms in total. The van der Waals surface area contributed by atoms with Gasteiger partial charge >= 0.3 is 0 Å². The Balaban J connectivity index is 3.27. The van der Waals surface area contributed by atoms with Crippen molar-refractivity contribution in [1.82, 2.24) is 0 Å². The molecule has 0 heterocycles. The second-order valence-corrected chi connectivity index (χ2v) is 8.45. The van der Waals surface area contributed by atoms with E-state index in [9.17, 15) is 0 Å². The van der Waals surface area contributed by atoms with Crippen molar-refractivity contribution in [3.05, 3.63) is 17.9 Å². The van der Waals surface area contributed by atoms with Gasteiger partial charge in [-0.3, -0.25) is 0 Å². The summed E-state index contributed by atoms with van der Waals surface area (Å²) >= 11 is 20.7. The minimum absolute atomic E-state index is 0.322. The number of halogens is 6. The molecule has 0 radical (unpaired) electrons. The van der Waals surface area contributed by atoms with Gasteiger partial charge in [0.25, 0.3) is 0 Å². The average Bonchev–Trinajstić information content (AvgIpc) is 2.06. The maximum absolute atomic E-state index is 3.50. The van der Waals surface area contributed by atoms with Crippen LogP contribution < -0.4 is 0 Å². The van der Waals surface area contributed by atoms with Gasteiger partial charge in [0, 0.05) is 17.9 Å². The fourth-order valence-corrected chi connectivity index (χ4v) is 5.00. The van der Waals surface area contributed by atoms with E-state index in [1.807, 2.05) is 0 Å². The molecule has 62 valence electrons. The van der Waals surface area contributed by atoms with Crippen molar-refractivity contribution in [3.63, 3.8) is 0 Å². The lowest BCUT2D eigenvalue weighted by Gasteiger charge is -2.14. The molecule has 0 aromatic carbocycles. The second kappa shape index (κ2) is 3.85. The molecule has 6 heteroatoms. The Morgan fingerprint density at radius 1 is 0.727 bits per heavy atom. The van der Waals surface area contributed by atoms with E-state index in [2.05, 4.69) is 95.6 Å². The van der Waals surface area contributed by atoms with Crippen LogP contribution in [0.15, 0.2) is 17.9 Å². The Bertz CT molecular complexity index is 234. The Labute approximate surface area is 115 Å². The van der Waals surface area contributed by atoms with Crippen LogP contribution in [0.25, 0.3) is 0 Å². The van der Waals surface area contributed by atoms with E-state index in [4.69, 9.17) is 0 Å². The molecule has 0 N–H and O–H groups in total. The molecule has 0 unspecified atom stereocenters. The Hall–Kier alpha value is 2.36. The molecule has 1 aliphatic carbocycles. The molecule has 0 aromatic rings. The van der Waals surface area contributed by atoms with Crippen molar-refractivity contribution >= 4 is 95.6 Å². The summed E-state index contributed by atoms with van der Waals surface area (Å²) < 4.78 is 3.68. The van der Waals surface area contributed by atoms with Crippen LogP contribution in [0.2, 0.25) is 0 Å². The van der Waals surface area contributed by atoms with Crippen molar-refractivity contribution in [3.8, 4) is 0 Å². The molecule has 0 aromatic heterocycles. The summed E-state index contributed by atoms with van der Waals surface area (Å²) in [4.78, 5) is 0. The standard InChI is InChI=1S/C5Br6/c6-1-2(7)4(9)5(10,11)3(1)8. The van der Waals surface area contributed by atoms with E-state index >= 15 is 0 Å². The average molecular weight is 539 g/mol. The van der Waals surface area contributed by atoms with Gasteiger partial charge in [-0.25, -0.2) is 0 Å². The Kier molecular flexibility index (Phi) is 4.00. The fraction of sp³-hybridized carbons (Fsp3) is 0.200. The molecule has 0 saturated carbocycles. The number of allylic oxidation sites excluding steroid dienone is 4. The molecule has 0 amide bonds. The zero-order chi connectivity index (χ0) is 8.81. The number of hydrogen-bond acceptors (Lipinski definition) is 0. The first-order chi connectivity index (χ1) is 4.89. The first kappa shape index (κ1) is 11.4. The van der Waals surface area contributed by atoms with E-state index in [0.29, 0.717) is 0 Å². The van der Waals surface area contributed by atoms with E-state index < -0.39 is 0 Å². The van der Waals surface area contributed by atoms with E-state index in [-0.39, 0.29) is 3.23 Å². The molecule has 1 rings (SSSR count). The van der Waals surface area contributed by atoms with Gasteiger partial charge in [0.1, 0.15) is 3.23 Å². The van der Waals surface area contributed by atoms with Gasteiger partial charge in [-0.1, -0.05) is 63.7 Å². The van der Waals surface area contributed by atoms with Gasteiger partial charge in [0.15, 0.2) is 0 Å². The van der Waals surface area contributed by atoms with Crippen LogP contribution in [0.3, 0.4) is 0 Å². The first-order valence-electron chi connectivity index (χ1n) is 2.38. The summed E-state index contributed by atoms with van der Waals surface area (Å²) in [7, 11) is 0. The molecular weight excluding hydrogens is 539 g/mol. The molecule has 1 aliphatic rings. The lowest BCUT2D eigenvalue weighted by molar-refractivity contribution is 1.38. The predicted molar refractivity (Wildman–Crippen MR) is 70.3 cm³/mol. The SMILES string of the molecule is BrC1=C(Br)C(Br)(Br)C(Br)=C1Br. The van der Waals surface area contributed by atoms with Crippen LogP contribution in [-0.2, 0) is 0 Å². The highest BCUT2D eigenvalue weighted by molar-refractivity contribution is 9.28. The summed E-state index contributed by atoms with van der Waals surface area (Å²) in [6.45, 7) is 0. The van der Waals surface area contributed by atoms with Crippen molar-refractivity contribution in [1.29, 1.82) is 0 Å². The van der Waals surface area contributed by atoms with E-state index in [1.165, 1.54) is 0 Å². The number of hydrogen-bond donors (Lipinski definition) is 0. The number of rotatable bonds is 0. The molecule has 0 bridgehead atoms. The second-order valence-electron chi connectivity index (χ2n) is 1.83. The van der Waals surface area contributed by atoms with Gasteiger partial charge in [0.2, 0.25) is 0 Å². The normalized spacial score (nSPS) is 23.5. The zero-order valence-corrected chi connectivity index (χ0v) is 14.3. The third-order valence-corrected chi connectivity index (χ3v) is 10.0. The highest BCUT2D eigenvalue weighted by Gasteiger charge is 2.39. The van der Waals surface area contributed by atoms with Crippen LogP contribution in [0.4, 0.5) is 0 Å². The van der Waals surface area contributed by atoms with Crippen molar-refractivity contribution in [2.75, 3.05) is 0 Å². The maximum Gasteiger partial charge on any atom is 0.145 e. The van der Waals surface area contributed by atoms with Gasteiger partial charge < -0.3 is 0 Å². The number of alkyl halides is 2.